The van der Waals surface area contributed by atoms with E-state index in [4.69, 9.17) is 4.74 Å². The molecule has 0 unspecified atom stereocenters. The molecular formula is C23H18N2O3. The molecule has 0 heterocycles. The van der Waals surface area contributed by atoms with Crippen molar-refractivity contribution in [3.05, 3.63) is 89.0 Å². The molecule has 3 aromatic rings. The van der Waals surface area contributed by atoms with Gasteiger partial charge in [-0.05, 0) is 42.3 Å². The number of amides is 1. The first kappa shape index (κ1) is 18.9. The van der Waals surface area contributed by atoms with Gasteiger partial charge in [0.15, 0.2) is 0 Å². The average molecular weight is 370 g/mol. The highest BCUT2D eigenvalue weighted by molar-refractivity contribution is 6.09. The van der Waals surface area contributed by atoms with Crippen molar-refractivity contribution in [1.29, 1.82) is 5.26 Å². The zero-order chi connectivity index (χ0) is 20.1. The topological polar surface area (TPSA) is 79.2 Å². The van der Waals surface area contributed by atoms with E-state index in [2.05, 4.69) is 11.4 Å². The van der Waals surface area contributed by atoms with Gasteiger partial charge in [0.05, 0.1) is 24.3 Å². The molecule has 0 saturated carbocycles. The lowest BCUT2D eigenvalue weighted by Crippen LogP contribution is -2.15. The molecule has 1 amide bonds. The summed E-state index contributed by atoms with van der Waals surface area (Å²) in [5.74, 6) is -0.799. The minimum absolute atomic E-state index is 0.326. The minimum Gasteiger partial charge on any atom is -0.465 e. The minimum atomic E-state index is -0.473. The first-order valence-corrected chi connectivity index (χ1v) is 8.64. The third-order valence-corrected chi connectivity index (χ3v) is 4.42. The number of anilines is 1. The summed E-state index contributed by atoms with van der Waals surface area (Å²) in [5, 5.41) is 12.3. The Morgan fingerprint density at radius 2 is 1.64 bits per heavy atom. The Morgan fingerprint density at radius 3 is 2.36 bits per heavy atom. The number of nitrogens with one attached hydrogen (secondary N) is 1. The molecule has 0 aliphatic heterocycles. The highest BCUT2D eigenvalue weighted by Gasteiger charge is 2.16. The Kier molecular flexibility index (Phi) is 5.52. The van der Waals surface area contributed by atoms with Gasteiger partial charge in [0.2, 0.25) is 0 Å². The molecular weight excluding hydrogens is 352 g/mol. The zero-order valence-electron chi connectivity index (χ0n) is 15.5. The van der Waals surface area contributed by atoms with Crippen molar-refractivity contribution in [2.75, 3.05) is 12.4 Å². The van der Waals surface area contributed by atoms with E-state index in [-0.39, 0.29) is 5.91 Å². The van der Waals surface area contributed by atoms with Gasteiger partial charge in [-0.15, -0.1) is 0 Å². The van der Waals surface area contributed by atoms with Crippen molar-refractivity contribution in [1.82, 2.24) is 0 Å². The summed E-state index contributed by atoms with van der Waals surface area (Å²) >= 11 is 0. The number of methoxy groups -OCH3 is 1. The molecule has 0 saturated heterocycles. The van der Waals surface area contributed by atoms with Crippen LogP contribution in [-0.4, -0.2) is 19.0 Å². The molecule has 5 heteroatoms. The van der Waals surface area contributed by atoms with Crippen molar-refractivity contribution < 1.29 is 14.3 Å². The molecule has 138 valence electrons. The fraction of sp³-hybridized carbons (Fsp3) is 0.0870. The average Bonchev–Trinajstić information content (AvgIpc) is 2.74. The third kappa shape index (κ3) is 3.76. The Morgan fingerprint density at radius 1 is 0.964 bits per heavy atom. The lowest BCUT2D eigenvalue weighted by atomic mass is 9.95. The standard InChI is InChI=1S/C23H18N2O3/c1-15-11-12-16(23(27)28-2)13-21(15)25-22(26)20-10-6-5-9-19(20)18-8-4-3-7-17(18)14-24/h3-13H,1-2H3,(H,25,26). The molecule has 0 aliphatic carbocycles. The van der Waals surface area contributed by atoms with Gasteiger partial charge < -0.3 is 10.1 Å². The second-order valence-electron chi connectivity index (χ2n) is 6.18. The van der Waals surface area contributed by atoms with Gasteiger partial charge >= 0.3 is 5.97 Å². The molecule has 0 atom stereocenters. The van der Waals surface area contributed by atoms with Crippen LogP contribution >= 0.6 is 0 Å². The second-order valence-corrected chi connectivity index (χ2v) is 6.18. The van der Waals surface area contributed by atoms with E-state index in [0.29, 0.717) is 33.5 Å². The number of aryl methyl sites for hydroxylation is 1. The molecule has 0 aromatic heterocycles. The van der Waals surface area contributed by atoms with Crippen molar-refractivity contribution in [3.63, 3.8) is 0 Å². The molecule has 0 aliphatic rings. The molecule has 3 rings (SSSR count). The predicted octanol–water partition coefficient (Wildman–Crippen LogP) is 4.57. The van der Waals surface area contributed by atoms with E-state index in [9.17, 15) is 14.9 Å². The van der Waals surface area contributed by atoms with Gasteiger partial charge in [-0.3, -0.25) is 4.79 Å². The van der Waals surface area contributed by atoms with Crippen LogP contribution < -0.4 is 5.32 Å². The van der Waals surface area contributed by atoms with Crippen molar-refractivity contribution in [2.45, 2.75) is 6.92 Å². The van der Waals surface area contributed by atoms with Crippen molar-refractivity contribution in [3.8, 4) is 17.2 Å². The fourth-order valence-corrected chi connectivity index (χ4v) is 2.92. The summed E-state index contributed by atoms with van der Waals surface area (Å²) in [6.07, 6.45) is 0. The fourth-order valence-electron chi connectivity index (χ4n) is 2.92. The van der Waals surface area contributed by atoms with Gasteiger partial charge in [-0.1, -0.05) is 42.5 Å². The molecule has 3 aromatic carbocycles. The van der Waals surface area contributed by atoms with Crippen LogP contribution in [0.5, 0.6) is 0 Å². The van der Waals surface area contributed by atoms with Crippen LogP contribution in [0.4, 0.5) is 5.69 Å². The quantitative estimate of drug-likeness (QED) is 0.682. The summed E-state index contributed by atoms with van der Waals surface area (Å²) < 4.78 is 4.74. The normalized spacial score (nSPS) is 10.0. The summed E-state index contributed by atoms with van der Waals surface area (Å²) in [5.41, 5.74) is 3.98. The Labute approximate surface area is 163 Å². The maximum absolute atomic E-state index is 13.0. The van der Waals surface area contributed by atoms with Crippen LogP contribution in [0, 0.1) is 18.3 Å². The van der Waals surface area contributed by atoms with Gasteiger partial charge in [0.1, 0.15) is 0 Å². The van der Waals surface area contributed by atoms with E-state index < -0.39 is 5.97 Å². The Hall–Kier alpha value is -3.91. The summed E-state index contributed by atoms with van der Waals surface area (Å²) in [6.45, 7) is 1.84. The van der Waals surface area contributed by atoms with Gasteiger partial charge in [0.25, 0.3) is 5.91 Å². The summed E-state index contributed by atoms with van der Waals surface area (Å²) in [6, 6.07) is 21.4. The maximum Gasteiger partial charge on any atom is 0.337 e. The first-order chi connectivity index (χ1) is 13.5. The number of ether oxygens (including phenoxy) is 1. The molecule has 0 spiro atoms. The number of hydrogen-bond donors (Lipinski definition) is 1. The van der Waals surface area contributed by atoms with Crippen LogP contribution in [0.3, 0.4) is 0 Å². The van der Waals surface area contributed by atoms with E-state index in [1.807, 2.05) is 31.2 Å². The van der Waals surface area contributed by atoms with E-state index in [1.54, 1.807) is 42.5 Å². The van der Waals surface area contributed by atoms with E-state index in [1.165, 1.54) is 7.11 Å². The number of hydrogen-bond acceptors (Lipinski definition) is 4. The van der Waals surface area contributed by atoms with Crippen molar-refractivity contribution >= 4 is 17.6 Å². The molecule has 0 bridgehead atoms. The number of nitrogens with zero attached hydrogens (tertiary/aromatic N) is 1. The number of carbonyl (C=O) groups excluding carboxylic acids is 2. The largest absolute Gasteiger partial charge is 0.465 e. The molecule has 28 heavy (non-hydrogen) atoms. The third-order valence-electron chi connectivity index (χ3n) is 4.42. The van der Waals surface area contributed by atoms with Gasteiger partial charge in [-0.2, -0.15) is 5.26 Å². The number of carbonyl (C=O) groups is 2. The Balaban J connectivity index is 2.00. The Bertz CT molecular complexity index is 1100. The maximum atomic E-state index is 13.0. The SMILES string of the molecule is COC(=O)c1ccc(C)c(NC(=O)c2ccccc2-c2ccccc2C#N)c1. The lowest BCUT2D eigenvalue weighted by Gasteiger charge is -2.13. The highest BCUT2D eigenvalue weighted by Crippen LogP contribution is 2.28. The molecule has 0 radical (unpaired) electrons. The van der Waals surface area contributed by atoms with Crippen LogP contribution in [0.25, 0.3) is 11.1 Å². The number of rotatable bonds is 4. The van der Waals surface area contributed by atoms with E-state index in [0.717, 1.165) is 5.56 Å². The summed E-state index contributed by atoms with van der Waals surface area (Å²) in [7, 11) is 1.31. The molecule has 0 fully saturated rings. The van der Waals surface area contributed by atoms with Crippen LogP contribution in [-0.2, 0) is 4.74 Å². The first-order valence-electron chi connectivity index (χ1n) is 8.64. The van der Waals surface area contributed by atoms with Crippen LogP contribution in [0.1, 0.15) is 31.8 Å². The highest BCUT2D eigenvalue weighted by atomic mass is 16.5. The van der Waals surface area contributed by atoms with E-state index >= 15 is 0 Å². The second kappa shape index (κ2) is 8.19. The lowest BCUT2D eigenvalue weighted by molar-refractivity contribution is 0.0600. The molecule has 1 N–H and O–H groups in total. The predicted molar refractivity (Wildman–Crippen MR) is 107 cm³/mol. The monoisotopic (exact) mass is 370 g/mol. The number of esters is 1. The van der Waals surface area contributed by atoms with Gasteiger partial charge in [0, 0.05) is 16.8 Å². The van der Waals surface area contributed by atoms with Crippen LogP contribution in [0.2, 0.25) is 0 Å². The van der Waals surface area contributed by atoms with Crippen LogP contribution in [0.15, 0.2) is 66.7 Å². The van der Waals surface area contributed by atoms with Gasteiger partial charge in [-0.25, -0.2) is 4.79 Å². The number of benzene rings is 3. The zero-order valence-corrected chi connectivity index (χ0v) is 15.5. The number of nitriles is 1. The summed E-state index contributed by atoms with van der Waals surface area (Å²) in [4.78, 5) is 24.8. The molecule has 5 nitrogen and oxygen atoms in total. The smallest absolute Gasteiger partial charge is 0.337 e. The van der Waals surface area contributed by atoms with Crippen molar-refractivity contribution in [2.24, 2.45) is 0 Å².